The molecule has 0 bridgehead atoms. The zero-order valence-corrected chi connectivity index (χ0v) is 26.2. The van der Waals surface area contributed by atoms with Gasteiger partial charge in [0.15, 0.2) is 5.96 Å². The van der Waals surface area contributed by atoms with E-state index >= 15 is 0 Å². The third-order valence-corrected chi connectivity index (χ3v) is 8.75. The Morgan fingerprint density at radius 2 is 1.68 bits per heavy atom. The number of carbonyl (C=O) groups is 2. The molecular weight excluding hydrogens is 597 g/mol. The molecule has 3 N–H and O–H groups in total. The predicted octanol–water partition coefficient (Wildman–Crippen LogP) is 6.42. The number of hydrogen-bond acceptors (Lipinski definition) is 7. The first kappa shape index (κ1) is 39.1. The van der Waals surface area contributed by atoms with Gasteiger partial charge in [-0.3, -0.25) is 9.59 Å². The summed E-state index contributed by atoms with van der Waals surface area (Å²) in [5.41, 5.74) is 8.43. The molecule has 1 aliphatic carbocycles. The number of nitrogens with two attached hydrogens (primary N) is 1. The SMILES string of the molecule is C.C.CN(C(=O)CC[C@@H](C1CCOCC1)N1Cc2cc(Oc3ccccc3)ccc2N=C1N)C1CCC(C(=O)O)CC1.S.S. The van der Waals surface area contributed by atoms with Crippen LogP contribution in [0.15, 0.2) is 53.5 Å². The van der Waals surface area contributed by atoms with Gasteiger partial charge < -0.3 is 30.1 Å². The van der Waals surface area contributed by atoms with Gasteiger partial charge in [-0.2, -0.15) is 27.0 Å². The molecular formula is C33H52N4O5S2. The van der Waals surface area contributed by atoms with Gasteiger partial charge in [0.1, 0.15) is 11.5 Å². The Labute approximate surface area is 277 Å². The van der Waals surface area contributed by atoms with E-state index < -0.39 is 5.97 Å². The topological polar surface area (TPSA) is 118 Å². The zero-order valence-electron chi connectivity index (χ0n) is 24.2. The van der Waals surface area contributed by atoms with Crippen LogP contribution >= 0.6 is 27.0 Å². The van der Waals surface area contributed by atoms with Gasteiger partial charge in [0.05, 0.1) is 11.6 Å². The van der Waals surface area contributed by atoms with Crippen molar-refractivity contribution in [1.29, 1.82) is 0 Å². The number of nitrogens with zero attached hydrogens (tertiary/aromatic N) is 3. The van der Waals surface area contributed by atoms with Crippen molar-refractivity contribution in [2.75, 3.05) is 20.3 Å². The summed E-state index contributed by atoms with van der Waals surface area (Å²) in [5, 5.41) is 9.31. The molecule has 2 aromatic rings. The number of fused-ring (bicyclic) bond motifs is 1. The van der Waals surface area contributed by atoms with E-state index in [1.165, 1.54) is 0 Å². The second-order valence-corrected chi connectivity index (χ2v) is 11.2. The van der Waals surface area contributed by atoms with Crippen molar-refractivity contribution in [2.24, 2.45) is 22.6 Å². The Bertz CT molecular complexity index is 1220. The van der Waals surface area contributed by atoms with Crippen LogP contribution in [0.4, 0.5) is 5.69 Å². The third-order valence-electron chi connectivity index (χ3n) is 8.75. The number of aliphatic imine (C=N–C) groups is 1. The maximum atomic E-state index is 13.3. The van der Waals surface area contributed by atoms with Crippen LogP contribution in [0.3, 0.4) is 0 Å². The summed E-state index contributed by atoms with van der Waals surface area (Å²) >= 11 is 0. The molecule has 1 atom stereocenters. The number of ether oxygens (including phenoxy) is 2. The van der Waals surface area contributed by atoms with Crippen molar-refractivity contribution >= 4 is 50.5 Å². The minimum absolute atomic E-state index is 0. The third kappa shape index (κ3) is 9.55. The lowest BCUT2D eigenvalue weighted by Gasteiger charge is -2.41. The minimum atomic E-state index is -0.729. The van der Waals surface area contributed by atoms with Crippen LogP contribution in [0.25, 0.3) is 0 Å². The number of amides is 1. The molecule has 1 amide bonds. The van der Waals surface area contributed by atoms with E-state index in [4.69, 9.17) is 20.2 Å². The highest BCUT2D eigenvalue weighted by Gasteiger charge is 2.34. The van der Waals surface area contributed by atoms with Gasteiger partial charge in [0.25, 0.3) is 0 Å². The molecule has 11 heteroatoms. The Kier molecular flexibility index (Phi) is 16.2. The molecule has 2 fully saturated rings. The van der Waals surface area contributed by atoms with Crippen molar-refractivity contribution in [3.05, 3.63) is 54.1 Å². The molecule has 0 aromatic heterocycles. The number of para-hydroxylation sites is 1. The number of aliphatic carboxylic acids is 1. The molecule has 0 spiro atoms. The van der Waals surface area contributed by atoms with Crippen molar-refractivity contribution < 1.29 is 24.2 Å². The summed E-state index contributed by atoms with van der Waals surface area (Å²) in [6.07, 6.45) is 5.63. The quantitative estimate of drug-likeness (QED) is 0.322. The van der Waals surface area contributed by atoms with Crippen molar-refractivity contribution in [1.82, 2.24) is 9.80 Å². The fraction of sp³-hybridized carbons (Fsp3) is 0.545. The highest BCUT2D eigenvalue weighted by Crippen LogP contribution is 2.35. The van der Waals surface area contributed by atoms with Crippen LogP contribution < -0.4 is 10.5 Å². The van der Waals surface area contributed by atoms with Crippen LogP contribution in [0.2, 0.25) is 0 Å². The maximum Gasteiger partial charge on any atom is 0.306 e. The van der Waals surface area contributed by atoms with Crippen molar-refractivity contribution in [2.45, 2.75) is 84.8 Å². The van der Waals surface area contributed by atoms with Gasteiger partial charge in [0.2, 0.25) is 5.91 Å². The lowest BCUT2D eigenvalue weighted by molar-refractivity contribution is -0.143. The smallest absolute Gasteiger partial charge is 0.306 e. The van der Waals surface area contributed by atoms with Crippen molar-refractivity contribution in [3.8, 4) is 11.5 Å². The molecule has 1 saturated carbocycles. The first-order chi connectivity index (χ1) is 19.4. The van der Waals surface area contributed by atoms with E-state index in [0.717, 1.165) is 48.4 Å². The first-order valence-corrected chi connectivity index (χ1v) is 14.4. The van der Waals surface area contributed by atoms with Gasteiger partial charge >= 0.3 is 5.97 Å². The van der Waals surface area contributed by atoms with E-state index in [9.17, 15) is 14.7 Å². The molecule has 3 aliphatic rings. The highest BCUT2D eigenvalue weighted by molar-refractivity contribution is 7.59. The van der Waals surface area contributed by atoms with Crippen LogP contribution in [-0.2, 0) is 20.9 Å². The van der Waals surface area contributed by atoms with E-state index in [1.54, 1.807) is 0 Å². The molecule has 0 unspecified atom stereocenters. The molecule has 246 valence electrons. The Morgan fingerprint density at radius 1 is 1.02 bits per heavy atom. The van der Waals surface area contributed by atoms with E-state index in [2.05, 4.69) is 4.90 Å². The number of carboxylic acids is 1. The summed E-state index contributed by atoms with van der Waals surface area (Å²) in [4.78, 5) is 33.4. The number of carbonyl (C=O) groups excluding carboxylic acids is 1. The number of rotatable bonds is 9. The second kappa shape index (κ2) is 18.2. The summed E-state index contributed by atoms with van der Waals surface area (Å²) < 4.78 is 11.7. The lowest BCUT2D eigenvalue weighted by Crippen LogP contribution is -2.50. The minimum Gasteiger partial charge on any atom is -0.481 e. The van der Waals surface area contributed by atoms with Crippen LogP contribution in [0.1, 0.15) is 71.8 Å². The molecule has 44 heavy (non-hydrogen) atoms. The Hall–Kier alpha value is -2.89. The van der Waals surface area contributed by atoms with Crippen LogP contribution in [0, 0.1) is 11.8 Å². The maximum absolute atomic E-state index is 13.3. The Morgan fingerprint density at radius 3 is 2.32 bits per heavy atom. The van der Waals surface area contributed by atoms with E-state index in [1.807, 2.05) is 60.5 Å². The largest absolute Gasteiger partial charge is 0.481 e. The normalized spacial score (nSPS) is 20.1. The summed E-state index contributed by atoms with van der Waals surface area (Å²) in [6, 6.07) is 15.7. The standard InChI is InChI=1S/C31H40N4O5.2CH4.2H2S/c1-34(24-9-7-22(8-10-24)30(37)38)29(36)14-13-28(21-15-17-39-18-16-21)35-20-23-19-26(11-12-27(23)33-31(35)32)40-25-5-3-2-4-6-25;;;;/h2-6,11-12,19,21-22,24,28H,7-10,13-18,20H2,1H3,(H2,32,33)(H,37,38);2*1H4;2*1H2/t22?,24?,28-;;;;/m0..../s1. The zero-order chi connectivity index (χ0) is 28.1. The predicted molar refractivity (Wildman–Crippen MR) is 187 cm³/mol. The average Bonchev–Trinajstić information content (AvgIpc) is 2.98. The molecule has 0 radical (unpaired) electrons. The Balaban J connectivity index is 0.00000242. The molecule has 2 aliphatic heterocycles. The fourth-order valence-corrected chi connectivity index (χ4v) is 6.33. The number of hydrogen-bond donors (Lipinski definition) is 2. The van der Waals surface area contributed by atoms with Crippen molar-refractivity contribution in [3.63, 3.8) is 0 Å². The molecule has 2 heterocycles. The summed E-state index contributed by atoms with van der Waals surface area (Å²) in [5.74, 6) is 1.43. The molecule has 5 rings (SSSR count). The lowest BCUT2D eigenvalue weighted by atomic mass is 9.85. The van der Waals surface area contributed by atoms with Gasteiger partial charge in [-0.1, -0.05) is 33.1 Å². The van der Waals surface area contributed by atoms with Crippen LogP contribution in [0.5, 0.6) is 11.5 Å². The molecule has 2 aromatic carbocycles. The van der Waals surface area contributed by atoms with E-state index in [0.29, 0.717) is 57.3 Å². The first-order valence-electron chi connectivity index (χ1n) is 14.4. The highest BCUT2D eigenvalue weighted by atomic mass is 32.1. The van der Waals surface area contributed by atoms with E-state index in [-0.39, 0.29) is 65.8 Å². The molecule has 9 nitrogen and oxygen atoms in total. The van der Waals surface area contributed by atoms with Gasteiger partial charge in [-0.25, -0.2) is 4.99 Å². The average molecular weight is 649 g/mol. The van der Waals surface area contributed by atoms with Gasteiger partial charge in [-0.15, -0.1) is 0 Å². The van der Waals surface area contributed by atoms with Gasteiger partial charge in [-0.05, 0) is 81.2 Å². The summed E-state index contributed by atoms with van der Waals surface area (Å²) in [7, 11) is 1.86. The van der Waals surface area contributed by atoms with Crippen LogP contribution in [-0.4, -0.2) is 65.1 Å². The fourth-order valence-electron chi connectivity index (χ4n) is 6.33. The number of guanidine groups is 1. The molecule has 1 saturated heterocycles. The number of benzene rings is 2. The second-order valence-electron chi connectivity index (χ2n) is 11.2. The number of carboxylic acid groups (broad SMARTS) is 1. The summed E-state index contributed by atoms with van der Waals surface area (Å²) in [6.45, 7) is 2.01. The monoisotopic (exact) mass is 648 g/mol. The van der Waals surface area contributed by atoms with Gasteiger partial charge in [0, 0.05) is 50.9 Å².